The van der Waals surface area contributed by atoms with Crippen molar-refractivity contribution < 1.29 is 9.47 Å². The second kappa shape index (κ2) is 13.2. The molecule has 38 heavy (non-hydrogen) atoms. The van der Waals surface area contributed by atoms with Crippen LogP contribution in [-0.2, 0) is 29.1 Å². The van der Waals surface area contributed by atoms with E-state index in [-0.39, 0.29) is 17.5 Å². The van der Waals surface area contributed by atoms with E-state index in [1.54, 1.807) is 12.4 Å². The van der Waals surface area contributed by atoms with Gasteiger partial charge >= 0.3 is 0 Å². The van der Waals surface area contributed by atoms with Gasteiger partial charge in [0, 0.05) is 24.1 Å². The Hall–Kier alpha value is -2.99. The second-order valence-corrected chi connectivity index (χ2v) is 11.4. The zero-order valence-electron chi connectivity index (χ0n) is 22.1. The Bertz CT molecular complexity index is 1260. The number of hydrogen-bond acceptors (Lipinski definition) is 5. The predicted molar refractivity (Wildman–Crippen MR) is 155 cm³/mol. The molecule has 5 rings (SSSR count). The van der Waals surface area contributed by atoms with Crippen LogP contribution in [0.3, 0.4) is 0 Å². The molecule has 0 spiro atoms. The number of ether oxygens (including phenoxy) is 2. The third-order valence-electron chi connectivity index (χ3n) is 7.28. The smallest absolute Gasteiger partial charge is 0.132 e. The van der Waals surface area contributed by atoms with Crippen molar-refractivity contribution in [2.45, 2.75) is 62.6 Å². The lowest BCUT2D eigenvalue weighted by Crippen LogP contribution is -2.48. The van der Waals surface area contributed by atoms with Crippen molar-refractivity contribution in [3.63, 3.8) is 0 Å². The number of thioether (sulfide) groups is 1. The SMILES string of the molecule is CC[C@H]1S[C@@H](c2cccc(Cc3ncccn3)c2)[C@H](OCc2ccccc2)[C@@H](OCc2ccccc2)[C@@H]1C. The summed E-state index contributed by atoms with van der Waals surface area (Å²) in [5.74, 6) is 1.20. The molecule has 2 heterocycles. The van der Waals surface area contributed by atoms with E-state index >= 15 is 0 Å². The Labute approximate surface area is 230 Å². The van der Waals surface area contributed by atoms with Gasteiger partial charge in [-0.1, -0.05) is 98.8 Å². The van der Waals surface area contributed by atoms with Crippen molar-refractivity contribution in [2.75, 3.05) is 0 Å². The molecule has 0 bridgehead atoms. The fourth-order valence-corrected chi connectivity index (χ4v) is 6.92. The van der Waals surface area contributed by atoms with Crippen LogP contribution in [0.2, 0.25) is 0 Å². The van der Waals surface area contributed by atoms with E-state index in [1.165, 1.54) is 22.3 Å². The third-order valence-corrected chi connectivity index (χ3v) is 9.23. The van der Waals surface area contributed by atoms with E-state index in [0.717, 1.165) is 12.2 Å². The van der Waals surface area contributed by atoms with Crippen molar-refractivity contribution in [3.05, 3.63) is 131 Å². The summed E-state index contributed by atoms with van der Waals surface area (Å²) in [5, 5.41) is 0.649. The average molecular weight is 525 g/mol. The molecule has 0 amide bonds. The van der Waals surface area contributed by atoms with E-state index in [1.807, 2.05) is 30.0 Å². The van der Waals surface area contributed by atoms with Crippen LogP contribution in [0, 0.1) is 5.92 Å². The zero-order chi connectivity index (χ0) is 26.2. The molecule has 196 valence electrons. The number of hydrogen-bond donors (Lipinski definition) is 0. The van der Waals surface area contributed by atoms with Crippen LogP contribution in [0.5, 0.6) is 0 Å². The fourth-order valence-electron chi connectivity index (χ4n) is 5.26. The highest BCUT2D eigenvalue weighted by molar-refractivity contribution is 8.00. The summed E-state index contributed by atoms with van der Waals surface area (Å²) in [4.78, 5) is 8.87. The maximum atomic E-state index is 6.79. The zero-order valence-corrected chi connectivity index (χ0v) is 23.0. The van der Waals surface area contributed by atoms with Crippen molar-refractivity contribution in [1.29, 1.82) is 0 Å². The summed E-state index contributed by atoms with van der Waals surface area (Å²) in [7, 11) is 0. The van der Waals surface area contributed by atoms with Crippen molar-refractivity contribution >= 4 is 11.8 Å². The van der Waals surface area contributed by atoms with Crippen LogP contribution < -0.4 is 0 Å². The van der Waals surface area contributed by atoms with Gasteiger partial charge in [-0.05, 0) is 40.7 Å². The highest BCUT2D eigenvalue weighted by atomic mass is 32.2. The normalized spacial score (nSPS) is 23.3. The molecule has 1 aliphatic heterocycles. The summed E-state index contributed by atoms with van der Waals surface area (Å²) < 4.78 is 13.5. The van der Waals surface area contributed by atoms with E-state index in [2.05, 4.69) is 96.6 Å². The predicted octanol–water partition coefficient (Wildman–Crippen LogP) is 7.44. The molecule has 5 atom stereocenters. The van der Waals surface area contributed by atoms with Gasteiger partial charge in [-0.2, -0.15) is 0 Å². The Morgan fingerprint density at radius 1 is 0.711 bits per heavy atom. The van der Waals surface area contributed by atoms with Gasteiger partial charge in [0.15, 0.2) is 0 Å². The summed E-state index contributed by atoms with van der Waals surface area (Å²) in [6.07, 6.45) is 5.32. The van der Waals surface area contributed by atoms with Gasteiger partial charge in [0.1, 0.15) is 11.9 Å². The van der Waals surface area contributed by atoms with Gasteiger partial charge in [-0.25, -0.2) is 9.97 Å². The summed E-state index contributed by atoms with van der Waals surface area (Å²) >= 11 is 2.04. The molecule has 1 aliphatic rings. The Balaban J connectivity index is 1.44. The first-order chi connectivity index (χ1) is 18.7. The maximum Gasteiger partial charge on any atom is 0.132 e. The third kappa shape index (κ3) is 6.71. The van der Waals surface area contributed by atoms with E-state index in [0.29, 0.717) is 30.8 Å². The largest absolute Gasteiger partial charge is 0.370 e. The molecule has 0 saturated carbocycles. The molecule has 1 aromatic heterocycles. The van der Waals surface area contributed by atoms with E-state index in [4.69, 9.17) is 9.47 Å². The van der Waals surface area contributed by atoms with Crippen LogP contribution >= 0.6 is 11.8 Å². The standard InChI is InChI=1S/C33H36N2O2S/c1-3-29-24(2)31(36-22-25-12-6-4-7-13-25)32(37-23-26-14-8-5-9-15-26)33(38-29)28-17-10-16-27(20-28)21-30-34-18-11-19-35-30/h4-20,24,29,31-33H,3,21-23H2,1-2H3/t24-,29-,31+,32-,33+/m1/s1. The minimum Gasteiger partial charge on any atom is -0.370 e. The molecule has 0 N–H and O–H groups in total. The second-order valence-electron chi connectivity index (χ2n) is 9.97. The molecule has 5 heteroatoms. The fraction of sp³-hybridized carbons (Fsp3) is 0.333. The van der Waals surface area contributed by atoms with Crippen molar-refractivity contribution in [3.8, 4) is 0 Å². The lowest BCUT2D eigenvalue weighted by atomic mass is 9.89. The molecular weight excluding hydrogens is 488 g/mol. The Morgan fingerprint density at radius 2 is 1.32 bits per heavy atom. The Kier molecular flexibility index (Phi) is 9.24. The first kappa shape index (κ1) is 26.6. The minimum absolute atomic E-state index is 0.0174. The lowest BCUT2D eigenvalue weighted by Gasteiger charge is -2.45. The van der Waals surface area contributed by atoms with Gasteiger partial charge in [0.2, 0.25) is 0 Å². The van der Waals surface area contributed by atoms with Gasteiger partial charge < -0.3 is 9.47 Å². The molecule has 1 fully saturated rings. The first-order valence-corrected chi connectivity index (χ1v) is 14.5. The van der Waals surface area contributed by atoms with E-state index < -0.39 is 0 Å². The van der Waals surface area contributed by atoms with E-state index in [9.17, 15) is 0 Å². The average Bonchev–Trinajstić information content (AvgIpc) is 2.97. The Morgan fingerprint density at radius 3 is 1.95 bits per heavy atom. The monoisotopic (exact) mass is 524 g/mol. The van der Waals surface area contributed by atoms with Gasteiger partial charge in [-0.15, -0.1) is 11.8 Å². The van der Waals surface area contributed by atoms with Gasteiger partial charge in [0.25, 0.3) is 0 Å². The quantitative estimate of drug-likeness (QED) is 0.216. The molecule has 0 unspecified atom stereocenters. The van der Waals surface area contributed by atoms with Gasteiger partial charge in [-0.3, -0.25) is 0 Å². The highest BCUT2D eigenvalue weighted by Crippen LogP contribution is 2.49. The summed E-state index contributed by atoms with van der Waals surface area (Å²) in [6.45, 7) is 5.76. The summed E-state index contributed by atoms with van der Waals surface area (Å²) in [5.41, 5.74) is 4.86. The van der Waals surface area contributed by atoms with Crippen LogP contribution in [0.25, 0.3) is 0 Å². The van der Waals surface area contributed by atoms with Crippen molar-refractivity contribution in [2.24, 2.45) is 5.92 Å². The van der Waals surface area contributed by atoms with Crippen LogP contribution in [0.15, 0.2) is 103 Å². The molecule has 4 aromatic rings. The maximum absolute atomic E-state index is 6.79. The number of benzene rings is 3. The van der Waals surface area contributed by atoms with Crippen LogP contribution in [-0.4, -0.2) is 27.4 Å². The molecule has 1 saturated heterocycles. The van der Waals surface area contributed by atoms with Crippen LogP contribution in [0.1, 0.15) is 53.6 Å². The van der Waals surface area contributed by atoms with Gasteiger partial charge in [0.05, 0.1) is 24.6 Å². The first-order valence-electron chi connectivity index (χ1n) is 13.5. The minimum atomic E-state index is -0.0788. The van der Waals surface area contributed by atoms with Crippen molar-refractivity contribution in [1.82, 2.24) is 9.97 Å². The number of aromatic nitrogens is 2. The molecular formula is C33H36N2O2S. The molecule has 0 radical (unpaired) electrons. The van der Waals surface area contributed by atoms with Crippen LogP contribution in [0.4, 0.5) is 0 Å². The lowest BCUT2D eigenvalue weighted by molar-refractivity contribution is -0.112. The number of nitrogens with zero attached hydrogens (tertiary/aromatic N) is 2. The highest BCUT2D eigenvalue weighted by Gasteiger charge is 2.45. The summed E-state index contributed by atoms with van der Waals surface area (Å²) in [6, 6.07) is 31.6. The number of rotatable bonds is 10. The molecule has 3 aromatic carbocycles. The molecule has 4 nitrogen and oxygen atoms in total. The topological polar surface area (TPSA) is 44.2 Å². The molecule has 0 aliphatic carbocycles.